The van der Waals surface area contributed by atoms with Gasteiger partial charge in [-0.25, -0.2) is 0 Å². The Balaban J connectivity index is 0.000000757. The predicted octanol–water partition coefficient (Wildman–Crippen LogP) is 4.32. The van der Waals surface area contributed by atoms with E-state index in [1.54, 1.807) is 7.11 Å². The van der Waals surface area contributed by atoms with Crippen molar-refractivity contribution in [1.29, 1.82) is 0 Å². The van der Waals surface area contributed by atoms with Crippen molar-refractivity contribution in [2.45, 2.75) is 31.3 Å². The standard InChI is InChI=1S/C24H25NO.CH5N.CH2O/c1-26-22-9-5-8-20(15-22)17-25-24-16-23(24)21-12-10-19(11-13-21)14-18-6-3-2-4-7-18;2*1-2/h2-13,15,23-25H,14,16-17H2,1H3;2H2,1H3;1H2. The average molecular weight is 405 g/mol. The summed E-state index contributed by atoms with van der Waals surface area (Å²) >= 11 is 0. The summed E-state index contributed by atoms with van der Waals surface area (Å²) in [5, 5.41) is 3.67. The molecule has 1 aliphatic carbocycles. The van der Waals surface area contributed by atoms with Crippen LogP contribution in [0.3, 0.4) is 0 Å². The van der Waals surface area contributed by atoms with Crippen LogP contribution >= 0.6 is 0 Å². The van der Waals surface area contributed by atoms with E-state index in [0.29, 0.717) is 12.0 Å². The fraction of sp³-hybridized carbons (Fsp3) is 0.269. The van der Waals surface area contributed by atoms with Crippen molar-refractivity contribution in [2.75, 3.05) is 14.2 Å². The molecule has 1 fully saturated rings. The smallest absolute Gasteiger partial charge is 0.119 e. The van der Waals surface area contributed by atoms with Crippen LogP contribution in [0.15, 0.2) is 78.9 Å². The number of carbonyl (C=O) groups excluding carboxylic acids is 1. The molecule has 0 amide bonds. The van der Waals surface area contributed by atoms with Gasteiger partial charge < -0.3 is 20.6 Å². The highest BCUT2D eigenvalue weighted by Crippen LogP contribution is 2.41. The van der Waals surface area contributed by atoms with Crippen molar-refractivity contribution in [3.05, 3.63) is 101 Å². The minimum Gasteiger partial charge on any atom is -0.497 e. The lowest BCUT2D eigenvalue weighted by atomic mass is 10.0. The van der Waals surface area contributed by atoms with E-state index >= 15 is 0 Å². The molecule has 4 heteroatoms. The fourth-order valence-electron chi connectivity index (χ4n) is 3.53. The first kappa shape index (κ1) is 23.3. The molecule has 0 aliphatic heterocycles. The molecule has 0 spiro atoms. The van der Waals surface area contributed by atoms with Crippen molar-refractivity contribution in [1.82, 2.24) is 5.32 Å². The third-order valence-corrected chi connectivity index (χ3v) is 5.15. The van der Waals surface area contributed by atoms with Crippen LogP contribution < -0.4 is 15.8 Å². The maximum atomic E-state index is 8.00. The molecule has 3 N–H and O–H groups in total. The second kappa shape index (κ2) is 12.6. The van der Waals surface area contributed by atoms with Gasteiger partial charge in [0.05, 0.1) is 7.11 Å². The molecule has 1 saturated carbocycles. The van der Waals surface area contributed by atoms with E-state index in [0.717, 1.165) is 18.7 Å². The van der Waals surface area contributed by atoms with E-state index in [4.69, 9.17) is 9.53 Å². The van der Waals surface area contributed by atoms with E-state index in [2.05, 4.69) is 77.8 Å². The summed E-state index contributed by atoms with van der Waals surface area (Å²) in [6.07, 6.45) is 2.23. The Hall–Kier alpha value is -2.95. The van der Waals surface area contributed by atoms with Crippen LogP contribution in [-0.2, 0) is 17.8 Å². The summed E-state index contributed by atoms with van der Waals surface area (Å²) in [6.45, 7) is 2.89. The molecule has 1 aliphatic rings. The van der Waals surface area contributed by atoms with Gasteiger partial charge >= 0.3 is 0 Å². The van der Waals surface area contributed by atoms with Crippen LogP contribution in [0, 0.1) is 0 Å². The molecule has 4 nitrogen and oxygen atoms in total. The zero-order valence-electron chi connectivity index (χ0n) is 17.9. The summed E-state index contributed by atoms with van der Waals surface area (Å²) in [5.41, 5.74) is 9.96. The molecule has 0 heterocycles. The van der Waals surface area contributed by atoms with Crippen molar-refractivity contribution in [3.63, 3.8) is 0 Å². The van der Waals surface area contributed by atoms with Gasteiger partial charge in [-0.2, -0.15) is 0 Å². The maximum Gasteiger partial charge on any atom is 0.119 e. The minimum atomic E-state index is 0.584. The lowest BCUT2D eigenvalue weighted by molar-refractivity contribution is -0.0979. The van der Waals surface area contributed by atoms with Crippen LogP contribution in [-0.4, -0.2) is 27.0 Å². The number of nitrogens with one attached hydrogen (secondary N) is 1. The predicted molar refractivity (Wildman–Crippen MR) is 124 cm³/mol. The van der Waals surface area contributed by atoms with Crippen LogP contribution in [0.4, 0.5) is 0 Å². The quantitative estimate of drug-likeness (QED) is 0.615. The number of rotatable bonds is 7. The van der Waals surface area contributed by atoms with E-state index in [-0.39, 0.29) is 0 Å². The van der Waals surface area contributed by atoms with Gasteiger partial charge in [-0.05, 0) is 54.3 Å². The molecule has 0 radical (unpaired) electrons. The number of methoxy groups -OCH3 is 1. The van der Waals surface area contributed by atoms with Crippen LogP contribution in [0.2, 0.25) is 0 Å². The van der Waals surface area contributed by atoms with Crippen molar-refractivity contribution < 1.29 is 9.53 Å². The summed E-state index contributed by atoms with van der Waals surface area (Å²) in [5.74, 6) is 1.57. The van der Waals surface area contributed by atoms with Gasteiger partial charge in [0, 0.05) is 18.5 Å². The molecule has 0 bridgehead atoms. The number of carbonyl (C=O) groups is 1. The number of ether oxygens (including phenoxy) is 1. The highest BCUT2D eigenvalue weighted by molar-refractivity contribution is 5.34. The van der Waals surface area contributed by atoms with Gasteiger partial charge in [0.2, 0.25) is 0 Å². The lowest BCUT2D eigenvalue weighted by Gasteiger charge is -2.07. The average Bonchev–Trinajstić information content (AvgIpc) is 3.61. The van der Waals surface area contributed by atoms with Gasteiger partial charge in [0.1, 0.15) is 12.5 Å². The monoisotopic (exact) mass is 404 g/mol. The second-order valence-electron chi connectivity index (χ2n) is 7.09. The molecule has 2 unspecified atom stereocenters. The molecule has 0 saturated heterocycles. The van der Waals surface area contributed by atoms with Crippen LogP contribution in [0.5, 0.6) is 5.75 Å². The number of benzene rings is 3. The molecular weight excluding hydrogens is 372 g/mol. The van der Waals surface area contributed by atoms with E-state index in [9.17, 15) is 0 Å². The van der Waals surface area contributed by atoms with E-state index in [1.807, 2.05) is 18.9 Å². The Bertz CT molecular complexity index is 866. The third-order valence-electron chi connectivity index (χ3n) is 5.15. The van der Waals surface area contributed by atoms with Crippen molar-refractivity contribution in [2.24, 2.45) is 5.73 Å². The first-order valence-corrected chi connectivity index (χ1v) is 10.2. The first-order chi connectivity index (χ1) is 14.8. The molecular formula is C26H32N2O2. The van der Waals surface area contributed by atoms with E-state index in [1.165, 1.54) is 35.7 Å². The van der Waals surface area contributed by atoms with E-state index < -0.39 is 0 Å². The highest BCUT2D eigenvalue weighted by Gasteiger charge is 2.37. The Morgan fingerprint density at radius 2 is 1.53 bits per heavy atom. The largest absolute Gasteiger partial charge is 0.497 e. The second-order valence-corrected chi connectivity index (χ2v) is 7.09. The van der Waals surface area contributed by atoms with Gasteiger partial charge in [0.15, 0.2) is 0 Å². The maximum absolute atomic E-state index is 8.00. The Morgan fingerprint density at radius 3 is 2.20 bits per heavy atom. The SMILES string of the molecule is C=O.CN.COc1cccc(CNC2CC2c2ccc(Cc3ccccc3)cc2)c1. The Labute approximate surface area is 180 Å². The molecule has 158 valence electrons. The third kappa shape index (κ3) is 6.83. The molecule has 0 aromatic heterocycles. The van der Waals surface area contributed by atoms with Crippen LogP contribution in [0.25, 0.3) is 0 Å². The topological polar surface area (TPSA) is 64.4 Å². The van der Waals surface area contributed by atoms with Crippen LogP contribution in [0.1, 0.15) is 34.6 Å². The Kier molecular flexibility index (Phi) is 9.78. The molecule has 4 rings (SSSR count). The van der Waals surface area contributed by atoms with Gasteiger partial charge in [-0.3, -0.25) is 0 Å². The van der Waals surface area contributed by atoms with Gasteiger partial charge in [0.25, 0.3) is 0 Å². The van der Waals surface area contributed by atoms with Crippen molar-refractivity contribution in [3.8, 4) is 5.75 Å². The van der Waals surface area contributed by atoms with Gasteiger partial charge in [-0.1, -0.05) is 66.7 Å². The summed E-state index contributed by atoms with van der Waals surface area (Å²) in [7, 11) is 3.21. The zero-order valence-corrected chi connectivity index (χ0v) is 17.9. The normalized spacial score (nSPS) is 16.4. The molecule has 2 atom stereocenters. The highest BCUT2D eigenvalue weighted by atomic mass is 16.5. The first-order valence-electron chi connectivity index (χ1n) is 10.2. The molecule has 3 aromatic rings. The minimum absolute atomic E-state index is 0.584. The summed E-state index contributed by atoms with van der Waals surface area (Å²) < 4.78 is 5.29. The fourth-order valence-corrected chi connectivity index (χ4v) is 3.53. The Morgan fingerprint density at radius 1 is 0.900 bits per heavy atom. The molecule has 30 heavy (non-hydrogen) atoms. The number of hydrogen-bond donors (Lipinski definition) is 2. The zero-order chi connectivity index (χ0) is 21.8. The summed E-state index contributed by atoms with van der Waals surface area (Å²) in [6, 6.07) is 28.7. The molecule has 3 aromatic carbocycles. The van der Waals surface area contributed by atoms with Gasteiger partial charge in [-0.15, -0.1) is 0 Å². The van der Waals surface area contributed by atoms with Crippen molar-refractivity contribution >= 4 is 6.79 Å². The summed E-state index contributed by atoms with van der Waals surface area (Å²) in [4.78, 5) is 8.00. The number of nitrogens with two attached hydrogens (primary N) is 1. The number of hydrogen-bond acceptors (Lipinski definition) is 4. The lowest BCUT2D eigenvalue weighted by Crippen LogP contribution is -2.17.